The molecule has 1 amide bonds. The van der Waals surface area contributed by atoms with Crippen LogP contribution in [0.4, 0.5) is 0 Å². The van der Waals surface area contributed by atoms with Crippen LogP contribution in [0, 0.1) is 6.92 Å². The van der Waals surface area contributed by atoms with Gasteiger partial charge in [0.1, 0.15) is 6.61 Å². The molecular weight excluding hydrogens is 330 g/mol. The second-order valence-corrected chi connectivity index (χ2v) is 6.33. The van der Waals surface area contributed by atoms with Crippen LogP contribution in [0.2, 0.25) is 0 Å². The number of aryl methyl sites for hydroxylation is 1. The highest BCUT2D eigenvalue weighted by Gasteiger charge is 2.44. The number of hydrogen-bond donors (Lipinski definition) is 1. The quantitative estimate of drug-likeness (QED) is 0.228. The zero-order valence-electron chi connectivity index (χ0n) is 14.1. The van der Waals surface area contributed by atoms with Crippen molar-refractivity contribution in [1.82, 2.24) is 0 Å². The number of ether oxygens (including phenoxy) is 3. The highest BCUT2D eigenvalue weighted by Crippen LogP contribution is 2.38. The molecule has 0 saturated carbocycles. The van der Waals surface area contributed by atoms with Crippen LogP contribution in [-0.4, -0.2) is 37.1 Å². The zero-order valence-corrected chi connectivity index (χ0v) is 14.9. The van der Waals surface area contributed by atoms with Crippen molar-refractivity contribution in [1.29, 1.82) is 0 Å². The second-order valence-electron chi connectivity index (χ2n) is 4.99. The predicted octanol–water partition coefficient (Wildman–Crippen LogP) is 2.40. The lowest BCUT2D eigenvalue weighted by Gasteiger charge is -2.29. The van der Waals surface area contributed by atoms with Gasteiger partial charge in [0.25, 0.3) is 0 Å². The Bertz CT molecular complexity index is 573. The summed E-state index contributed by atoms with van der Waals surface area (Å²) in [5.74, 6) is -1.33. The van der Waals surface area contributed by atoms with E-state index >= 15 is 0 Å². The maximum Gasteiger partial charge on any atom is 0.349 e. The first-order valence-corrected chi connectivity index (χ1v) is 8.24. The maximum atomic E-state index is 12.3. The predicted molar refractivity (Wildman–Crippen MR) is 92.3 cm³/mol. The third-order valence-corrected chi connectivity index (χ3v) is 4.24. The van der Waals surface area contributed by atoms with Gasteiger partial charge < -0.3 is 19.9 Å². The summed E-state index contributed by atoms with van der Waals surface area (Å²) in [6.07, 6.45) is 2.95. The van der Waals surface area contributed by atoms with E-state index in [-0.39, 0.29) is 19.6 Å². The minimum Gasteiger partial charge on any atom is -0.499 e. The average Bonchev–Trinajstić information content (AvgIpc) is 2.55. The van der Waals surface area contributed by atoms with Crippen LogP contribution in [0.1, 0.15) is 18.9 Å². The van der Waals surface area contributed by atoms with Crippen molar-refractivity contribution in [3.8, 4) is 0 Å². The molecule has 0 aliphatic rings. The fraction of sp³-hybridized carbons (Fsp3) is 0.412. The number of hydrogen-bond acceptors (Lipinski definition) is 6. The van der Waals surface area contributed by atoms with Crippen molar-refractivity contribution in [2.45, 2.75) is 30.1 Å². The van der Waals surface area contributed by atoms with Crippen LogP contribution in [0.25, 0.3) is 0 Å². The van der Waals surface area contributed by atoms with E-state index in [4.69, 9.17) is 19.9 Å². The van der Waals surface area contributed by atoms with Gasteiger partial charge in [-0.15, -0.1) is 0 Å². The van der Waals surface area contributed by atoms with E-state index in [2.05, 4.69) is 0 Å². The number of allylic oxidation sites excluding steroid dienone is 1. The highest BCUT2D eigenvalue weighted by molar-refractivity contribution is 8.01. The summed E-state index contributed by atoms with van der Waals surface area (Å²) >= 11 is 1.10. The number of carbonyl (C=O) groups is 2. The Kier molecular flexibility index (Phi) is 8.35. The molecule has 132 valence electrons. The number of benzene rings is 1. The second kappa shape index (κ2) is 10.00. The molecule has 1 aromatic rings. The lowest BCUT2D eigenvalue weighted by molar-refractivity contribution is -0.161. The van der Waals surface area contributed by atoms with Crippen molar-refractivity contribution < 1.29 is 23.8 Å². The summed E-state index contributed by atoms with van der Waals surface area (Å²) in [6, 6.07) is 7.50. The minimum absolute atomic E-state index is 0.103. The number of carbonyl (C=O) groups excluding carboxylic acids is 2. The molecule has 2 N–H and O–H groups in total. The first kappa shape index (κ1) is 20.1. The molecule has 0 fully saturated rings. The first-order chi connectivity index (χ1) is 11.4. The Morgan fingerprint density at radius 2 is 1.92 bits per heavy atom. The van der Waals surface area contributed by atoms with Gasteiger partial charge >= 0.3 is 5.97 Å². The van der Waals surface area contributed by atoms with E-state index in [1.54, 1.807) is 6.08 Å². The Morgan fingerprint density at radius 3 is 2.46 bits per heavy atom. The first-order valence-electron chi connectivity index (χ1n) is 7.42. The number of amides is 1. The summed E-state index contributed by atoms with van der Waals surface area (Å²) < 4.78 is 15.7. The highest BCUT2D eigenvalue weighted by atomic mass is 32.2. The van der Waals surface area contributed by atoms with E-state index in [9.17, 15) is 9.59 Å². The maximum absolute atomic E-state index is 12.3. The van der Waals surface area contributed by atoms with Crippen molar-refractivity contribution in [2.24, 2.45) is 5.73 Å². The summed E-state index contributed by atoms with van der Waals surface area (Å²) in [5, 5.41) is 0. The van der Waals surface area contributed by atoms with E-state index in [1.165, 1.54) is 13.4 Å². The van der Waals surface area contributed by atoms with Crippen molar-refractivity contribution in [3.05, 3.63) is 42.2 Å². The third-order valence-electron chi connectivity index (χ3n) is 2.98. The smallest absolute Gasteiger partial charge is 0.349 e. The van der Waals surface area contributed by atoms with Gasteiger partial charge in [-0.2, -0.15) is 0 Å². The van der Waals surface area contributed by atoms with Crippen LogP contribution in [0.15, 0.2) is 41.5 Å². The van der Waals surface area contributed by atoms with Crippen molar-refractivity contribution >= 4 is 23.6 Å². The summed E-state index contributed by atoms with van der Waals surface area (Å²) in [7, 11) is 1.24. The molecule has 0 aliphatic heterocycles. The lowest BCUT2D eigenvalue weighted by Crippen LogP contribution is -2.43. The van der Waals surface area contributed by atoms with Crippen molar-refractivity contribution in [2.75, 3.05) is 20.3 Å². The Hall–Kier alpha value is -1.99. The molecule has 1 rings (SSSR count). The molecule has 24 heavy (non-hydrogen) atoms. The van der Waals surface area contributed by atoms with Gasteiger partial charge in [0.05, 0.1) is 26.4 Å². The molecule has 1 atom stereocenters. The Labute approximate surface area is 146 Å². The summed E-state index contributed by atoms with van der Waals surface area (Å²) in [5.41, 5.74) is 6.40. The van der Waals surface area contributed by atoms with Crippen LogP contribution >= 0.6 is 11.8 Å². The molecule has 0 heterocycles. The van der Waals surface area contributed by atoms with E-state index < -0.39 is 16.8 Å². The van der Waals surface area contributed by atoms with Gasteiger partial charge in [0.2, 0.25) is 10.8 Å². The number of rotatable bonds is 10. The van der Waals surface area contributed by atoms with E-state index in [1.807, 2.05) is 38.1 Å². The average molecular weight is 353 g/mol. The number of methoxy groups -OCH3 is 1. The molecule has 7 heteroatoms. The molecule has 0 bridgehead atoms. The molecule has 1 aromatic carbocycles. The standard InChI is InChI=1S/C17H23NO5S/c1-4-9-22-10-11-23-17(12-15(18)19,16(20)21-3)24-14-7-5-13(2)6-8-14/h4-9H,10-12H2,1-3H3,(H2,18,19)/b9-4+. The number of primary amides is 1. The Morgan fingerprint density at radius 1 is 1.25 bits per heavy atom. The number of thioether (sulfide) groups is 1. The lowest BCUT2D eigenvalue weighted by atomic mass is 10.2. The van der Waals surface area contributed by atoms with Crippen molar-refractivity contribution in [3.63, 3.8) is 0 Å². The molecule has 0 saturated heterocycles. The van der Waals surface area contributed by atoms with Gasteiger partial charge in [0, 0.05) is 4.90 Å². The van der Waals surface area contributed by atoms with Gasteiger partial charge in [-0.3, -0.25) is 4.79 Å². The monoisotopic (exact) mass is 353 g/mol. The van der Waals surface area contributed by atoms with Gasteiger partial charge in [0.15, 0.2) is 0 Å². The number of esters is 1. The van der Waals surface area contributed by atoms with Crippen LogP contribution in [-0.2, 0) is 23.8 Å². The fourth-order valence-corrected chi connectivity index (χ4v) is 3.07. The fourth-order valence-electron chi connectivity index (χ4n) is 1.89. The molecular formula is C17H23NO5S. The molecule has 0 aromatic heterocycles. The van der Waals surface area contributed by atoms with Crippen LogP contribution < -0.4 is 5.73 Å². The van der Waals surface area contributed by atoms with Gasteiger partial charge in [-0.1, -0.05) is 35.5 Å². The zero-order chi connectivity index (χ0) is 18.0. The van der Waals surface area contributed by atoms with E-state index in [0.717, 1.165) is 22.2 Å². The third kappa shape index (κ3) is 6.25. The molecule has 0 spiro atoms. The molecule has 0 radical (unpaired) electrons. The normalized spacial score (nSPS) is 13.5. The number of nitrogens with two attached hydrogens (primary N) is 1. The molecule has 0 aliphatic carbocycles. The molecule has 1 unspecified atom stereocenters. The van der Waals surface area contributed by atoms with Crippen LogP contribution in [0.5, 0.6) is 0 Å². The van der Waals surface area contributed by atoms with E-state index in [0.29, 0.717) is 0 Å². The largest absolute Gasteiger partial charge is 0.499 e. The summed E-state index contributed by atoms with van der Waals surface area (Å²) in [6.45, 7) is 4.11. The topological polar surface area (TPSA) is 87.9 Å². The van der Waals surface area contributed by atoms with Gasteiger partial charge in [-0.25, -0.2) is 4.79 Å². The minimum atomic E-state index is -1.55. The molecule has 6 nitrogen and oxygen atoms in total. The summed E-state index contributed by atoms with van der Waals surface area (Å²) in [4.78, 5) is 23.0. The van der Waals surface area contributed by atoms with Gasteiger partial charge in [-0.05, 0) is 26.0 Å². The van der Waals surface area contributed by atoms with Crippen LogP contribution in [0.3, 0.4) is 0 Å². The Balaban J connectivity index is 2.98. The SMILES string of the molecule is C/C=C/OCCOC(CC(N)=O)(Sc1ccc(C)cc1)C(=O)OC.